The van der Waals surface area contributed by atoms with E-state index < -0.39 is 0 Å². The Morgan fingerprint density at radius 2 is 2.13 bits per heavy atom. The lowest BCUT2D eigenvalue weighted by Gasteiger charge is -2.33. The highest BCUT2D eigenvalue weighted by atomic mass is 35.5. The number of halogens is 1. The fraction of sp³-hybridized carbons (Fsp3) is 0.941. The normalized spacial score (nSPS) is 30.9. The average Bonchev–Trinajstić information content (AvgIpc) is 3.19. The number of nitrogens with zero attached hydrogens (tertiary/aromatic N) is 2. The van der Waals surface area contributed by atoms with E-state index in [9.17, 15) is 4.79 Å². The fourth-order valence-electron chi connectivity index (χ4n) is 4.06. The van der Waals surface area contributed by atoms with Crippen LogP contribution in [-0.4, -0.2) is 74.2 Å². The standard InChI is InChI=1S/C17H31N3O2.ClH/c1-17(6-7-18-13-17)14-19(11-15-5-4-10-22-15)12-16(21)20-8-2-3-9-20;/h15,18H,2-14H2,1H3;1H. The summed E-state index contributed by atoms with van der Waals surface area (Å²) in [5.41, 5.74) is 0.296. The van der Waals surface area contributed by atoms with E-state index in [0.717, 1.165) is 58.7 Å². The molecular formula is C17H32ClN3O2. The first-order valence-electron chi connectivity index (χ1n) is 8.97. The molecule has 3 heterocycles. The minimum absolute atomic E-state index is 0. The van der Waals surface area contributed by atoms with E-state index in [1.165, 1.54) is 19.3 Å². The number of carbonyl (C=O) groups excluding carboxylic acids is 1. The molecule has 3 saturated heterocycles. The molecule has 2 atom stereocenters. The molecule has 0 aromatic heterocycles. The van der Waals surface area contributed by atoms with Crippen LogP contribution < -0.4 is 5.32 Å². The smallest absolute Gasteiger partial charge is 0.236 e. The van der Waals surface area contributed by atoms with Gasteiger partial charge in [0.2, 0.25) is 5.91 Å². The Bertz CT molecular complexity index is 376. The molecule has 0 saturated carbocycles. The molecule has 0 radical (unpaired) electrons. The van der Waals surface area contributed by atoms with Gasteiger partial charge in [-0.1, -0.05) is 6.92 Å². The molecular weight excluding hydrogens is 314 g/mol. The van der Waals surface area contributed by atoms with Gasteiger partial charge in [0.1, 0.15) is 0 Å². The van der Waals surface area contributed by atoms with Gasteiger partial charge in [0.25, 0.3) is 0 Å². The van der Waals surface area contributed by atoms with Crippen LogP contribution in [0, 0.1) is 5.41 Å². The van der Waals surface area contributed by atoms with E-state index >= 15 is 0 Å². The van der Waals surface area contributed by atoms with Crippen molar-refractivity contribution in [2.24, 2.45) is 5.41 Å². The molecule has 1 N–H and O–H groups in total. The van der Waals surface area contributed by atoms with E-state index in [2.05, 4.69) is 17.1 Å². The first-order valence-corrected chi connectivity index (χ1v) is 8.97. The number of carbonyl (C=O) groups is 1. The van der Waals surface area contributed by atoms with Crippen LogP contribution in [0.25, 0.3) is 0 Å². The second kappa shape index (κ2) is 8.65. The van der Waals surface area contributed by atoms with Crippen molar-refractivity contribution >= 4 is 18.3 Å². The van der Waals surface area contributed by atoms with Crippen LogP contribution in [-0.2, 0) is 9.53 Å². The molecule has 3 aliphatic heterocycles. The van der Waals surface area contributed by atoms with Crippen molar-refractivity contribution in [3.05, 3.63) is 0 Å². The number of amides is 1. The van der Waals surface area contributed by atoms with Crippen molar-refractivity contribution in [2.75, 3.05) is 52.4 Å². The first-order chi connectivity index (χ1) is 10.6. The molecule has 3 fully saturated rings. The third-order valence-electron chi connectivity index (χ3n) is 5.37. The van der Waals surface area contributed by atoms with Gasteiger partial charge in [-0.3, -0.25) is 9.69 Å². The fourth-order valence-corrected chi connectivity index (χ4v) is 4.06. The Hall–Kier alpha value is -0.360. The molecule has 0 aliphatic carbocycles. The summed E-state index contributed by atoms with van der Waals surface area (Å²) in [5.74, 6) is 0.310. The zero-order valence-corrected chi connectivity index (χ0v) is 15.2. The largest absolute Gasteiger partial charge is 0.377 e. The third-order valence-corrected chi connectivity index (χ3v) is 5.37. The summed E-state index contributed by atoms with van der Waals surface area (Å²) in [6, 6.07) is 0. The number of likely N-dealkylation sites (tertiary alicyclic amines) is 1. The van der Waals surface area contributed by atoms with Crippen LogP contribution in [0.5, 0.6) is 0 Å². The zero-order chi connectivity index (χ0) is 15.4. The van der Waals surface area contributed by atoms with Gasteiger partial charge in [0.05, 0.1) is 12.6 Å². The maximum absolute atomic E-state index is 12.5. The van der Waals surface area contributed by atoms with E-state index in [4.69, 9.17) is 4.74 Å². The summed E-state index contributed by atoms with van der Waals surface area (Å²) in [7, 11) is 0. The molecule has 0 aromatic rings. The highest BCUT2D eigenvalue weighted by Gasteiger charge is 2.33. The Labute approximate surface area is 146 Å². The second-order valence-electron chi connectivity index (χ2n) is 7.63. The lowest BCUT2D eigenvalue weighted by atomic mass is 9.89. The van der Waals surface area contributed by atoms with Gasteiger partial charge < -0.3 is 15.0 Å². The predicted octanol–water partition coefficient (Wildman–Crippen LogP) is 1.51. The Morgan fingerprint density at radius 3 is 2.74 bits per heavy atom. The predicted molar refractivity (Wildman–Crippen MR) is 94.1 cm³/mol. The maximum atomic E-state index is 12.5. The summed E-state index contributed by atoms with van der Waals surface area (Å²) in [6.45, 7) is 9.77. The van der Waals surface area contributed by atoms with Gasteiger partial charge in [-0.15, -0.1) is 12.4 Å². The van der Waals surface area contributed by atoms with E-state index in [-0.39, 0.29) is 12.4 Å². The quantitative estimate of drug-likeness (QED) is 0.792. The minimum Gasteiger partial charge on any atom is -0.377 e. The Balaban J connectivity index is 0.00000192. The van der Waals surface area contributed by atoms with Crippen LogP contribution in [0.1, 0.15) is 39.0 Å². The van der Waals surface area contributed by atoms with Crippen LogP contribution in [0.4, 0.5) is 0 Å². The topological polar surface area (TPSA) is 44.8 Å². The lowest BCUT2D eigenvalue weighted by molar-refractivity contribution is -0.132. The summed E-state index contributed by atoms with van der Waals surface area (Å²) in [4.78, 5) is 16.9. The van der Waals surface area contributed by atoms with Crippen molar-refractivity contribution < 1.29 is 9.53 Å². The third kappa shape index (κ3) is 5.31. The van der Waals surface area contributed by atoms with Gasteiger partial charge in [-0.05, 0) is 44.1 Å². The van der Waals surface area contributed by atoms with Gasteiger partial charge in [-0.25, -0.2) is 0 Å². The summed E-state index contributed by atoms with van der Waals surface area (Å²) >= 11 is 0. The molecule has 134 valence electrons. The first kappa shape index (κ1) is 19.0. The number of hydrogen-bond donors (Lipinski definition) is 1. The molecule has 6 heteroatoms. The van der Waals surface area contributed by atoms with Gasteiger partial charge in [0, 0.05) is 39.3 Å². The molecule has 3 aliphatic rings. The molecule has 0 aromatic carbocycles. The van der Waals surface area contributed by atoms with Crippen molar-refractivity contribution in [2.45, 2.75) is 45.1 Å². The summed E-state index contributed by atoms with van der Waals surface area (Å²) in [6.07, 6.45) is 6.16. The molecule has 0 bridgehead atoms. The van der Waals surface area contributed by atoms with Crippen LogP contribution in [0.3, 0.4) is 0 Å². The molecule has 0 spiro atoms. The molecule has 1 amide bonds. The Morgan fingerprint density at radius 1 is 1.35 bits per heavy atom. The monoisotopic (exact) mass is 345 g/mol. The highest BCUT2D eigenvalue weighted by Crippen LogP contribution is 2.26. The van der Waals surface area contributed by atoms with E-state index in [1.807, 2.05) is 4.90 Å². The van der Waals surface area contributed by atoms with Crippen LogP contribution >= 0.6 is 12.4 Å². The zero-order valence-electron chi connectivity index (χ0n) is 14.4. The van der Waals surface area contributed by atoms with Crippen molar-refractivity contribution in [1.29, 1.82) is 0 Å². The average molecular weight is 346 g/mol. The molecule has 23 heavy (non-hydrogen) atoms. The van der Waals surface area contributed by atoms with Gasteiger partial charge >= 0.3 is 0 Å². The highest BCUT2D eigenvalue weighted by molar-refractivity contribution is 5.85. The Kier molecular flexibility index (Phi) is 7.14. The molecule has 5 nitrogen and oxygen atoms in total. The van der Waals surface area contributed by atoms with E-state index in [0.29, 0.717) is 24.0 Å². The van der Waals surface area contributed by atoms with Crippen LogP contribution in [0.2, 0.25) is 0 Å². The lowest BCUT2D eigenvalue weighted by Crippen LogP contribution is -2.46. The van der Waals surface area contributed by atoms with Crippen molar-refractivity contribution in [3.8, 4) is 0 Å². The summed E-state index contributed by atoms with van der Waals surface area (Å²) in [5, 5.41) is 3.47. The molecule has 3 rings (SSSR count). The molecule has 2 unspecified atom stereocenters. The minimum atomic E-state index is 0. The van der Waals surface area contributed by atoms with Crippen molar-refractivity contribution in [3.63, 3.8) is 0 Å². The number of hydrogen-bond acceptors (Lipinski definition) is 4. The van der Waals surface area contributed by atoms with Crippen LogP contribution in [0.15, 0.2) is 0 Å². The van der Waals surface area contributed by atoms with Crippen molar-refractivity contribution in [1.82, 2.24) is 15.1 Å². The number of rotatable bonds is 6. The van der Waals surface area contributed by atoms with Gasteiger partial charge in [-0.2, -0.15) is 0 Å². The summed E-state index contributed by atoms with van der Waals surface area (Å²) < 4.78 is 5.81. The number of nitrogens with one attached hydrogen (secondary N) is 1. The maximum Gasteiger partial charge on any atom is 0.236 e. The second-order valence-corrected chi connectivity index (χ2v) is 7.63. The van der Waals surface area contributed by atoms with Gasteiger partial charge in [0.15, 0.2) is 0 Å². The van der Waals surface area contributed by atoms with E-state index in [1.54, 1.807) is 0 Å². The number of ether oxygens (including phenoxy) is 1. The SMILES string of the molecule is CC1(CN(CC(=O)N2CCCC2)CC2CCCO2)CCNC1.Cl.